The van der Waals surface area contributed by atoms with Crippen LogP contribution >= 0.6 is 0 Å². The van der Waals surface area contributed by atoms with Crippen LogP contribution in [0.1, 0.15) is 33.6 Å². The van der Waals surface area contributed by atoms with E-state index in [-0.39, 0.29) is 11.8 Å². The highest BCUT2D eigenvalue weighted by atomic mass is 16.5. The number of benzene rings is 1. The summed E-state index contributed by atoms with van der Waals surface area (Å²) in [7, 11) is 0. The predicted octanol–water partition coefficient (Wildman–Crippen LogP) is 0.985. The average molecular weight is 331 g/mol. The van der Waals surface area contributed by atoms with Crippen molar-refractivity contribution in [1.29, 1.82) is 0 Å². The number of ether oxygens (including phenoxy) is 1. The molecule has 0 spiro atoms. The lowest BCUT2D eigenvalue weighted by Gasteiger charge is -2.26. The van der Waals surface area contributed by atoms with Crippen molar-refractivity contribution in [3.63, 3.8) is 0 Å². The molecule has 6 nitrogen and oxygen atoms in total. The van der Waals surface area contributed by atoms with Crippen LogP contribution in [0.4, 0.5) is 0 Å². The number of nitrogens with one attached hydrogen (secondary N) is 1. The zero-order chi connectivity index (χ0) is 16.8. The molecule has 2 aliphatic heterocycles. The van der Waals surface area contributed by atoms with Crippen LogP contribution in [-0.2, 0) is 4.74 Å². The second kappa shape index (κ2) is 8.26. The van der Waals surface area contributed by atoms with Gasteiger partial charge in [-0.05, 0) is 31.0 Å². The molecule has 0 aromatic heterocycles. The van der Waals surface area contributed by atoms with Gasteiger partial charge in [-0.25, -0.2) is 0 Å². The number of hydrogen-bond acceptors (Lipinski definition) is 4. The van der Waals surface area contributed by atoms with Crippen LogP contribution in [0.3, 0.4) is 0 Å². The smallest absolute Gasteiger partial charge is 0.253 e. The number of carbonyl (C=O) groups excluding carboxylic acids is 2. The first-order chi connectivity index (χ1) is 11.7. The highest BCUT2D eigenvalue weighted by Gasteiger charge is 2.20. The lowest BCUT2D eigenvalue weighted by Crippen LogP contribution is -2.41. The summed E-state index contributed by atoms with van der Waals surface area (Å²) < 4.78 is 5.31. The number of hydrogen-bond donors (Lipinski definition) is 1. The Balaban J connectivity index is 1.52. The van der Waals surface area contributed by atoms with Crippen LogP contribution in [0.2, 0.25) is 0 Å². The molecule has 0 bridgehead atoms. The summed E-state index contributed by atoms with van der Waals surface area (Å²) in [5, 5.41) is 2.94. The molecule has 1 aromatic rings. The monoisotopic (exact) mass is 331 g/mol. The summed E-state index contributed by atoms with van der Waals surface area (Å²) in [6.07, 6.45) is 2.13. The van der Waals surface area contributed by atoms with E-state index in [0.717, 1.165) is 58.8 Å². The van der Waals surface area contributed by atoms with E-state index in [4.69, 9.17) is 4.74 Å². The number of carbonyl (C=O) groups is 2. The van der Waals surface area contributed by atoms with Crippen LogP contribution in [0.25, 0.3) is 0 Å². The zero-order valence-electron chi connectivity index (χ0n) is 14.0. The van der Waals surface area contributed by atoms with E-state index >= 15 is 0 Å². The molecular formula is C18H25N3O3. The second-order valence-electron chi connectivity index (χ2n) is 6.29. The molecular weight excluding hydrogens is 306 g/mol. The predicted molar refractivity (Wildman–Crippen MR) is 91.2 cm³/mol. The van der Waals surface area contributed by atoms with Gasteiger partial charge in [-0.1, -0.05) is 6.07 Å². The topological polar surface area (TPSA) is 61.9 Å². The van der Waals surface area contributed by atoms with Crippen LogP contribution in [-0.4, -0.2) is 74.1 Å². The maximum Gasteiger partial charge on any atom is 0.253 e. The average Bonchev–Trinajstić information content (AvgIpc) is 3.16. The highest BCUT2D eigenvalue weighted by molar-refractivity contribution is 5.99. The number of morpholine rings is 1. The van der Waals surface area contributed by atoms with Crippen molar-refractivity contribution in [2.75, 3.05) is 52.5 Å². The van der Waals surface area contributed by atoms with Crippen molar-refractivity contribution >= 4 is 11.8 Å². The van der Waals surface area contributed by atoms with Crippen LogP contribution < -0.4 is 5.32 Å². The quantitative estimate of drug-likeness (QED) is 0.874. The Morgan fingerprint density at radius 1 is 1.04 bits per heavy atom. The summed E-state index contributed by atoms with van der Waals surface area (Å²) in [6.45, 7) is 6.39. The molecule has 0 saturated carbocycles. The molecule has 2 aliphatic rings. The molecule has 24 heavy (non-hydrogen) atoms. The summed E-state index contributed by atoms with van der Waals surface area (Å²) >= 11 is 0. The van der Waals surface area contributed by atoms with Crippen molar-refractivity contribution in [3.8, 4) is 0 Å². The molecule has 130 valence electrons. The Bertz CT molecular complexity index is 579. The van der Waals surface area contributed by atoms with Gasteiger partial charge in [0.15, 0.2) is 0 Å². The number of rotatable bonds is 5. The van der Waals surface area contributed by atoms with Gasteiger partial charge in [0.1, 0.15) is 0 Å². The van der Waals surface area contributed by atoms with Gasteiger partial charge in [-0.3, -0.25) is 14.5 Å². The largest absolute Gasteiger partial charge is 0.379 e. The zero-order valence-corrected chi connectivity index (χ0v) is 14.0. The second-order valence-corrected chi connectivity index (χ2v) is 6.29. The lowest BCUT2D eigenvalue weighted by atomic mass is 10.1. The number of amides is 2. The van der Waals surface area contributed by atoms with Crippen LogP contribution in [0.5, 0.6) is 0 Å². The Labute approximate surface area is 142 Å². The summed E-state index contributed by atoms with van der Waals surface area (Å²) in [5.41, 5.74) is 1.14. The maximum atomic E-state index is 12.4. The first-order valence-electron chi connectivity index (χ1n) is 8.72. The molecule has 2 fully saturated rings. The summed E-state index contributed by atoms with van der Waals surface area (Å²) in [4.78, 5) is 28.9. The van der Waals surface area contributed by atoms with Crippen molar-refractivity contribution < 1.29 is 14.3 Å². The fourth-order valence-electron chi connectivity index (χ4n) is 3.15. The SMILES string of the molecule is O=C(NCCN1CCOCC1)c1cccc(C(=O)N2CCCC2)c1. The molecule has 0 atom stereocenters. The fourth-order valence-corrected chi connectivity index (χ4v) is 3.15. The Morgan fingerprint density at radius 3 is 2.50 bits per heavy atom. The third kappa shape index (κ3) is 4.33. The Hall–Kier alpha value is -1.92. The Kier molecular flexibility index (Phi) is 5.82. The van der Waals surface area contributed by atoms with E-state index in [1.165, 1.54) is 0 Å². The maximum absolute atomic E-state index is 12.4. The van der Waals surface area contributed by atoms with Gasteiger partial charge in [-0.15, -0.1) is 0 Å². The van der Waals surface area contributed by atoms with Crippen molar-refractivity contribution in [1.82, 2.24) is 15.1 Å². The van der Waals surface area contributed by atoms with Gasteiger partial charge in [0.2, 0.25) is 0 Å². The molecule has 6 heteroatoms. The third-order valence-corrected chi connectivity index (χ3v) is 4.58. The van der Waals surface area contributed by atoms with Crippen molar-refractivity contribution in [2.24, 2.45) is 0 Å². The molecule has 0 radical (unpaired) electrons. The van der Waals surface area contributed by atoms with Gasteiger partial charge in [0, 0.05) is 50.4 Å². The van der Waals surface area contributed by atoms with Crippen molar-refractivity contribution in [3.05, 3.63) is 35.4 Å². The first kappa shape index (κ1) is 16.9. The minimum absolute atomic E-state index is 0.0236. The minimum Gasteiger partial charge on any atom is -0.379 e. The lowest BCUT2D eigenvalue weighted by molar-refractivity contribution is 0.0383. The normalized spacial score (nSPS) is 18.6. The van der Waals surface area contributed by atoms with E-state index in [9.17, 15) is 9.59 Å². The van der Waals surface area contributed by atoms with Crippen LogP contribution in [0.15, 0.2) is 24.3 Å². The standard InChI is InChI=1S/C18H25N3O3/c22-17(19-6-9-20-10-12-24-13-11-20)15-4-3-5-16(14-15)18(23)21-7-1-2-8-21/h3-5,14H,1-2,6-13H2,(H,19,22). The van der Waals surface area contributed by atoms with E-state index in [2.05, 4.69) is 10.2 Å². The molecule has 2 saturated heterocycles. The Morgan fingerprint density at radius 2 is 1.75 bits per heavy atom. The van der Waals surface area contributed by atoms with Gasteiger partial charge in [0.05, 0.1) is 13.2 Å². The molecule has 2 heterocycles. The number of nitrogens with zero attached hydrogens (tertiary/aromatic N) is 2. The number of likely N-dealkylation sites (tertiary alicyclic amines) is 1. The molecule has 0 aliphatic carbocycles. The van der Waals surface area contributed by atoms with E-state index in [1.807, 2.05) is 4.90 Å². The third-order valence-electron chi connectivity index (χ3n) is 4.58. The van der Waals surface area contributed by atoms with Gasteiger partial charge < -0.3 is 15.0 Å². The molecule has 2 amide bonds. The molecule has 0 unspecified atom stereocenters. The van der Waals surface area contributed by atoms with E-state index < -0.39 is 0 Å². The fraction of sp³-hybridized carbons (Fsp3) is 0.556. The highest BCUT2D eigenvalue weighted by Crippen LogP contribution is 2.14. The molecule has 1 aromatic carbocycles. The summed E-state index contributed by atoms with van der Waals surface area (Å²) in [6, 6.07) is 7.01. The van der Waals surface area contributed by atoms with Gasteiger partial charge >= 0.3 is 0 Å². The van der Waals surface area contributed by atoms with Gasteiger partial charge in [-0.2, -0.15) is 0 Å². The molecule has 1 N–H and O–H groups in total. The minimum atomic E-state index is -0.126. The van der Waals surface area contributed by atoms with Crippen molar-refractivity contribution in [2.45, 2.75) is 12.8 Å². The summed E-state index contributed by atoms with van der Waals surface area (Å²) in [5.74, 6) is -0.102. The molecule has 3 rings (SSSR count). The first-order valence-corrected chi connectivity index (χ1v) is 8.72. The van der Waals surface area contributed by atoms with E-state index in [1.54, 1.807) is 24.3 Å². The van der Waals surface area contributed by atoms with E-state index in [0.29, 0.717) is 17.7 Å². The van der Waals surface area contributed by atoms with Crippen LogP contribution in [0, 0.1) is 0 Å². The van der Waals surface area contributed by atoms with Gasteiger partial charge in [0.25, 0.3) is 11.8 Å².